The van der Waals surface area contributed by atoms with Gasteiger partial charge in [-0.25, -0.2) is 0 Å². The van der Waals surface area contributed by atoms with Crippen LogP contribution in [0.15, 0.2) is 52.9 Å². The van der Waals surface area contributed by atoms with Crippen LogP contribution in [0.1, 0.15) is 35.4 Å². The van der Waals surface area contributed by atoms with E-state index in [0.29, 0.717) is 5.76 Å². The number of aryl methyl sites for hydroxylation is 2. The van der Waals surface area contributed by atoms with Gasteiger partial charge >= 0.3 is 5.97 Å². The van der Waals surface area contributed by atoms with E-state index in [4.69, 9.17) is 9.15 Å². The molecular weight excluding hydrogens is 342 g/mol. The molecule has 0 bridgehead atoms. The summed E-state index contributed by atoms with van der Waals surface area (Å²) in [7, 11) is 0. The second-order valence-electron chi connectivity index (χ2n) is 6.73. The molecule has 0 saturated carbocycles. The van der Waals surface area contributed by atoms with Crippen LogP contribution >= 0.6 is 0 Å². The zero-order valence-electron chi connectivity index (χ0n) is 15.7. The summed E-state index contributed by atoms with van der Waals surface area (Å²) in [6, 6.07) is 15.1. The van der Waals surface area contributed by atoms with Crippen molar-refractivity contribution in [2.45, 2.75) is 33.2 Å². The maximum atomic E-state index is 12.1. The molecular formula is C22H23NO4. The first-order chi connectivity index (χ1) is 12.9. The van der Waals surface area contributed by atoms with Gasteiger partial charge < -0.3 is 14.5 Å². The molecule has 0 aliphatic heterocycles. The average Bonchev–Trinajstić information content (AvgIpc) is 3.07. The highest BCUT2D eigenvalue weighted by Crippen LogP contribution is 2.23. The van der Waals surface area contributed by atoms with Crippen molar-refractivity contribution < 1.29 is 18.7 Å². The van der Waals surface area contributed by atoms with E-state index in [2.05, 4.69) is 5.32 Å². The van der Waals surface area contributed by atoms with Crippen LogP contribution in [0.5, 0.6) is 0 Å². The number of ether oxygens (including phenoxy) is 1. The Labute approximate surface area is 158 Å². The van der Waals surface area contributed by atoms with Crippen molar-refractivity contribution in [1.29, 1.82) is 0 Å². The summed E-state index contributed by atoms with van der Waals surface area (Å²) < 4.78 is 10.8. The van der Waals surface area contributed by atoms with Crippen molar-refractivity contribution in [3.05, 3.63) is 71.0 Å². The molecule has 0 fully saturated rings. The van der Waals surface area contributed by atoms with Crippen LogP contribution in [0.2, 0.25) is 0 Å². The Hall–Kier alpha value is -3.08. The van der Waals surface area contributed by atoms with E-state index in [1.807, 2.05) is 69.3 Å². The van der Waals surface area contributed by atoms with Crippen LogP contribution in [0.4, 0.5) is 0 Å². The van der Waals surface area contributed by atoms with Gasteiger partial charge in [0.2, 0.25) is 0 Å². The van der Waals surface area contributed by atoms with Crippen LogP contribution in [0, 0.1) is 13.8 Å². The Morgan fingerprint density at radius 3 is 2.59 bits per heavy atom. The molecule has 0 spiro atoms. The molecule has 0 saturated heterocycles. The van der Waals surface area contributed by atoms with E-state index >= 15 is 0 Å². The number of amides is 1. The number of furan rings is 1. The second kappa shape index (κ2) is 8.08. The minimum Gasteiger partial charge on any atom is -0.459 e. The van der Waals surface area contributed by atoms with E-state index < -0.39 is 5.97 Å². The van der Waals surface area contributed by atoms with E-state index in [-0.39, 0.29) is 25.0 Å². The van der Waals surface area contributed by atoms with Gasteiger partial charge in [0.25, 0.3) is 5.91 Å². The van der Waals surface area contributed by atoms with Crippen LogP contribution in [-0.2, 0) is 20.7 Å². The Kier molecular flexibility index (Phi) is 5.60. The standard InChI is InChI=1S/C22H23NO4/c1-14-8-9-17(10-15(14)2)11-22(25)26-13-21(24)23-16(3)20-12-18-6-4-5-7-19(18)27-20/h4-10,12,16H,11,13H2,1-3H3,(H,23,24)/t16-/m0/s1. The number of carbonyl (C=O) groups is 2. The molecule has 1 atom stereocenters. The number of nitrogens with one attached hydrogen (secondary N) is 1. The van der Waals surface area contributed by atoms with Crippen molar-refractivity contribution in [3.8, 4) is 0 Å². The van der Waals surface area contributed by atoms with Crippen molar-refractivity contribution in [2.24, 2.45) is 0 Å². The Morgan fingerprint density at radius 1 is 1.07 bits per heavy atom. The summed E-state index contributed by atoms with van der Waals surface area (Å²) in [5, 5.41) is 3.76. The number of esters is 1. The first kappa shape index (κ1) is 18.7. The molecule has 1 heterocycles. The predicted molar refractivity (Wildman–Crippen MR) is 103 cm³/mol. The van der Waals surface area contributed by atoms with Gasteiger partial charge in [0, 0.05) is 5.39 Å². The fourth-order valence-corrected chi connectivity index (χ4v) is 2.85. The molecule has 140 valence electrons. The van der Waals surface area contributed by atoms with E-state index in [1.54, 1.807) is 0 Å². The summed E-state index contributed by atoms with van der Waals surface area (Å²) in [5.74, 6) is -0.132. The first-order valence-electron chi connectivity index (χ1n) is 8.92. The molecule has 0 aliphatic carbocycles. The summed E-state index contributed by atoms with van der Waals surface area (Å²) in [6.07, 6.45) is 0.146. The van der Waals surface area contributed by atoms with Gasteiger partial charge in [-0.2, -0.15) is 0 Å². The monoisotopic (exact) mass is 365 g/mol. The smallest absolute Gasteiger partial charge is 0.310 e. The fourth-order valence-electron chi connectivity index (χ4n) is 2.85. The van der Waals surface area contributed by atoms with Gasteiger partial charge in [-0.05, 0) is 49.6 Å². The molecule has 1 aromatic heterocycles. The van der Waals surface area contributed by atoms with Gasteiger partial charge in [0.1, 0.15) is 11.3 Å². The molecule has 0 unspecified atom stereocenters. The van der Waals surface area contributed by atoms with Gasteiger partial charge in [0.05, 0.1) is 12.5 Å². The van der Waals surface area contributed by atoms with Crippen molar-refractivity contribution >= 4 is 22.8 Å². The molecule has 2 aromatic carbocycles. The maximum Gasteiger partial charge on any atom is 0.310 e. The molecule has 3 aromatic rings. The zero-order chi connectivity index (χ0) is 19.4. The number of carbonyl (C=O) groups excluding carboxylic acids is 2. The summed E-state index contributed by atoms with van der Waals surface area (Å²) in [4.78, 5) is 24.0. The highest BCUT2D eigenvalue weighted by Gasteiger charge is 2.15. The third-order valence-electron chi connectivity index (χ3n) is 4.53. The molecule has 27 heavy (non-hydrogen) atoms. The molecule has 0 radical (unpaired) electrons. The lowest BCUT2D eigenvalue weighted by Crippen LogP contribution is -2.31. The number of benzene rings is 2. The Balaban J connectivity index is 1.49. The highest BCUT2D eigenvalue weighted by atomic mass is 16.5. The minimum atomic E-state index is -0.426. The van der Waals surface area contributed by atoms with Crippen LogP contribution < -0.4 is 5.32 Å². The fraction of sp³-hybridized carbons (Fsp3) is 0.273. The highest BCUT2D eigenvalue weighted by molar-refractivity contribution is 5.82. The van der Waals surface area contributed by atoms with Crippen molar-refractivity contribution in [1.82, 2.24) is 5.32 Å². The van der Waals surface area contributed by atoms with E-state index in [0.717, 1.165) is 22.1 Å². The third kappa shape index (κ3) is 4.76. The molecule has 1 amide bonds. The van der Waals surface area contributed by atoms with E-state index in [9.17, 15) is 9.59 Å². The number of fused-ring (bicyclic) bond motifs is 1. The normalized spacial score (nSPS) is 12.0. The van der Waals surface area contributed by atoms with E-state index in [1.165, 1.54) is 5.56 Å². The lowest BCUT2D eigenvalue weighted by Gasteiger charge is -2.12. The minimum absolute atomic E-state index is 0.146. The maximum absolute atomic E-state index is 12.1. The number of hydrogen-bond donors (Lipinski definition) is 1. The van der Waals surface area contributed by atoms with Gasteiger partial charge in [-0.1, -0.05) is 36.4 Å². The first-order valence-corrected chi connectivity index (χ1v) is 8.92. The zero-order valence-corrected chi connectivity index (χ0v) is 15.7. The quantitative estimate of drug-likeness (QED) is 0.670. The van der Waals surface area contributed by atoms with Crippen LogP contribution in [0.25, 0.3) is 11.0 Å². The summed E-state index contributed by atoms with van der Waals surface area (Å²) >= 11 is 0. The summed E-state index contributed by atoms with van der Waals surface area (Å²) in [6.45, 7) is 5.53. The van der Waals surface area contributed by atoms with Crippen LogP contribution in [-0.4, -0.2) is 18.5 Å². The van der Waals surface area contributed by atoms with Gasteiger partial charge in [0.15, 0.2) is 6.61 Å². The molecule has 3 rings (SSSR count). The molecule has 5 nitrogen and oxygen atoms in total. The third-order valence-corrected chi connectivity index (χ3v) is 4.53. The number of rotatable bonds is 6. The SMILES string of the molecule is Cc1ccc(CC(=O)OCC(=O)N[C@@H](C)c2cc3ccccc3o2)cc1C. The Morgan fingerprint density at radius 2 is 1.85 bits per heavy atom. The topological polar surface area (TPSA) is 68.5 Å². The van der Waals surface area contributed by atoms with Crippen molar-refractivity contribution in [3.63, 3.8) is 0 Å². The lowest BCUT2D eigenvalue weighted by molar-refractivity contribution is -0.148. The Bertz CT molecular complexity index is 940. The second-order valence-corrected chi connectivity index (χ2v) is 6.73. The van der Waals surface area contributed by atoms with Gasteiger partial charge in [-0.15, -0.1) is 0 Å². The number of para-hydroxylation sites is 1. The van der Waals surface area contributed by atoms with Crippen molar-refractivity contribution in [2.75, 3.05) is 6.61 Å². The molecule has 0 aliphatic rings. The lowest BCUT2D eigenvalue weighted by atomic mass is 10.0. The van der Waals surface area contributed by atoms with Crippen LogP contribution in [0.3, 0.4) is 0 Å². The molecule has 5 heteroatoms. The average molecular weight is 365 g/mol. The predicted octanol–water partition coefficient (Wildman–Crippen LogP) is 4.01. The largest absolute Gasteiger partial charge is 0.459 e. The number of hydrogen-bond acceptors (Lipinski definition) is 4. The van der Waals surface area contributed by atoms with Gasteiger partial charge in [-0.3, -0.25) is 9.59 Å². The summed E-state index contributed by atoms with van der Waals surface area (Å²) in [5.41, 5.74) is 3.94. The molecule has 1 N–H and O–H groups in total.